The van der Waals surface area contributed by atoms with E-state index in [2.05, 4.69) is 9.55 Å². The molecule has 0 saturated carbocycles. The number of benzene rings is 2. The van der Waals surface area contributed by atoms with E-state index in [4.69, 9.17) is 5.11 Å². The summed E-state index contributed by atoms with van der Waals surface area (Å²) in [5.41, 5.74) is 4.10. The van der Waals surface area contributed by atoms with E-state index >= 15 is 0 Å². The van der Waals surface area contributed by atoms with Crippen molar-refractivity contribution < 1.29 is 9.90 Å². The van der Waals surface area contributed by atoms with Crippen LogP contribution < -0.4 is 0 Å². The minimum absolute atomic E-state index is 0.740. The van der Waals surface area contributed by atoms with E-state index in [1.165, 1.54) is 0 Å². The van der Waals surface area contributed by atoms with Crippen molar-refractivity contribution in [2.75, 3.05) is 0 Å². The summed E-state index contributed by atoms with van der Waals surface area (Å²) >= 11 is 0. The van der Waals surface area contributed by atoms with Crippen LogP contribution >= 0.6 is 0 Å². The Morgan fingerprint density at radius 2 is 1.90 bits per heavy atom. The molecule has 0 aliphatic rings. The van der Waals surface area contributed by atoms with E-state index in [9.17, 15) is 4.79 Å². The van der Waals surface area contributed by atoms with Crippen LogP contribution in [0, 0.1) is 0 Å². The maximum Gasteiger partial charge on any atom is 0.328 e. The Labute approximate surface area is 122 Å². The van der Waals surface area contributed by atoms with Gasteiger partial charge in [-0.25, -0.2) is 9.78 Å². The number of hydrogen-bond acceptors (Lipinski definition) is 2. The molecule has 3 rings (SSSR count). The topological polar surface area (TPSA) is 55.1 Å². The van der Waals surface area contributed by atoms with Crippen LogP contribution in [0.3, 0.4) is 0 Å². The SMILES string of the molecule is O=C(O)C=Cc1ccc(Cn2cnc3ccccc32)cc1. The van der Waals surface area contributed by atoms with Crippen molar-refractivity contribution in [1.82, 2.24) is 9.55 Å². The van der Waals surface area contributed by atoms with Crippen molar-refractivity contribution >= 4 is 23.1 Å². The molecule has 1 N–H and O–H groups in total. The zero-order valence-electron chi connectivity index (χ0n) is 11.3. The van der Waals surface area contributed by atoms with Gasteiger partial charge in [0.1, 0.15) is 0 Å². The number of nitrogens with zero attached hydrogens (tertiary/aromatic N) is 2. The zero-order valence-corrected chi connectivity index (χ0v) is 11.3. The van der Waals surface area contributed by atoms with Gasteiger partial charge in [-0.15, -0.1) is 0 Å². The van der Waals surface area contributed by atoms with Crippen molar-refractivity contribution in [3.63, 3.8) is 0 Å². The van der Waals surface area contributed by atoms with E-state index in [1.807, 2.05) is 54.9 Å². The first-order chi connectivity index (χ1) is 10.2. The van der Waals surface area contributed by atoms with Crippen LogP contribution in [0.5, 0.6) is 0 Å². The van der Waals surface area contributed by atoms with Crippen molar-refractivity contribution in [3.05, 3.63) is 72.1 Å². The third-order valence-corrected chi connectivity index (χ3v) is 3.28. The van der Waals surface area contributed by atoms with E-state index in [0.717, 1.165) is 34.8 Å². The van der Waals surface area contributed by atoms with Gasteiger partial charge < -0.3 is 9.67 Å². The van der Waals surface area contributed by atoms with Gasteiger partial charge in [0.2, 0.25) is 0 Å². The van der Waals surface area contributed by atoms with Crippen LogP contribution in [0.4, 0.5) is 0 Å². The van der Waals surface area contributed by atoms with Crippen LogP contribution in [0.1, 0.15) is 11.1 Å². The number of hydrogen-bond donors (Lipinski definition) is 1. The van der Waals surface area contributed by atoms with Gasteiger partial charge in [0.25, 0.3) is 0 Å². The number of aliphatic carboxylic acids is 1. The van der Waals surface area contributed by atoms with Gasteiger partial charge in [-0.1, -0.05) is 36.4 Å². The van der Waals surface area contributed by atoms with Crippen molar-refractivity contribution in [1.29, 1.82) is 0 Å². The predicted octanol–water partition coefficient (Wildman–Crippen LogP) is 3.18. The summed E-state index contributed by atoms with van der Waals surface area (Å²) in [5.74, 6) is -0.941. The highest BCUT2D eigenvalue weighted by atomic mass is 16.4. The molecule has 3 aromatic rings. The molecule has 0 aliphatic heterocycles. The lowest BCUT2D eigenvalue weighted by molar-refractivity contribution is -0.131. The van der Waals surface area contributed by atoms with Crippen LogP contribution in [0.15, 0.2) is 60.9 Å². The highest BCUT2D eigenvalue weighted by Gasteiger charge is 2.02. The summed E-state index contributed by atoms with van der Waals surface area (Å²) < 4.78 is 2.09. The average Bonchev–Trinajstić information content (AvgIpc) is 2.90. The molecule has 0 radical (unpaired) electrons. The number of carbonyl (C=O) groups is 1. The second kappa shape index (κ2) is 5.63. The first kappa shape index (κ1) is 13.1. The monoisotopic (exact) mass is 278 g/mol. The molecule has 0 fully saturated rings. The molecule has 0 amide bonds. The molecule has 0 spiro atoms. The first-order valence-corrected chi connectivity index (χ1v) is 6.62. The quantitative estimate of drug-likeness (QED) is 0.746. The standard InChI is InChI=1S/C17H14N2O2/c20-17(21)10-9-13-5-7-14(8-6-13)11-19-12-18-15-3-1-2-4-16(15)19/h1-10,12H,11H2,(H,20,21). The first-order valence-electron chi connectivity index (χ1n) is 6.62. The molecule has 2 aromatic carbocycles. The van der Waals surface area contributed by atoms with E-state index in [-0.39, 0.29) is 0 Å². The Hall–Kier alpha value is -2.88. The summed E-state index contributed by atoms with van der Waals surface area (Å²) in [6, 6.07) is 15.8. The molecule has 4 heteroatoms. The fraction of sp³-hybridized carbons (Fsp3) is 0.0588. The molecule has 0 saturated heterocycles. The minimum Gasteiger partial charge on any atom is -0.478 e. The molecule has 0 bridgehead atoms. The second-order valence-electron chi connectivity index (χ2n) is 4.77. The molecular weight excluding hydrogens is 264 g/mol. The van der Waals surface area contributed by atoms with Crippen LogP contribution in [0.2, 0.25) is 0 Å². The van der Waals surface area contributed by atoms with Crippen LogP contribution in [-0.4, -0.2) is 20.6 Å². The summed E-state index contributed by atoms with van der Waals surface area (Å²) in [4.78, 5) is 14.8. The Morgan fingerprint density at radius 3 is 2.67 bits per heavy atom. The van der Waals surface area contributed by atoms with Gasteiger partial charge in [-0.3, -0.25) is 0 Å². The molecule has 4 nitrogen and oxygen atoms in total. The van der Waals surface area contributed by atoms with Gasteiger partial charge in [0.15, 0.2) is 0 Å². The fourth-order valence-electron chi connectivity index (χ4n) is 2.23. The van der Waals surface area contributed by atoms with Crippen LogP contribution in [0.25, 0.3) is 17.1 Å². The van der Waals surface area contributed by atoms with E-state index in [1.54, 1.807) is 6.08 Å². The summed E-state index contributed by atoms with van der Waals surface area (Å²) in [7, 11) is 0. The molecule has 1 heterocycles. The zero-order chi connectivity index (χ0) is 14.7. The summed E-state index contributed by atoms with van der Waals surface area (Å²) in [6.07, 6.45) is 4.56. The fourth-order valence-corrected chi connectivity index (χ4v) is 2.23. The summed E-state index contributed by atoms with van der Waals surface area (Å²) in [5, 5.41) is 8.60. The number of carboxylic acids is 1. The predicted molar refractivity (Wildman–Crippen MR) is 81.9 cm³/mol. The highest BCUT2D eigenvalue weighted by molar-refractivity contribution is 5.85. The highest BCUT2D eigenvalue weighted by Crippen LogP contribution is 2.14. The summed E-state index contributed by atoms with van der Waals surface area (Å²) in [6.45, 7) is 0.740. The number of imidazole rings is 1. The number of rotatable bonds is 4. The second-order valence-corrected chi connectivity index (χ2v) is 4.77. The van der Waals surface area contributed by atoms with Crippen molar-refractivity contribution in [3.8, 4) is 0 Å². The van der Waals surface area contributed by atoms with E-state index in [0.29, 0.717) is 0 Å². The maximum atomic E-state index is 10.5. The lowest BCUT2D eigenvalue weighted by Gasteiger charge is -2.05. The Morgan fingerprint density at radius 1 is 1.14 bits per heavy atom. The molecule has 0 unspecified atom stereocenters. The molecule has 1 aromatic heterocycles. The molecule has 21 heavy (non-hydrogen) atoms. The number of aromatic nitrogens is 2. The third-order valence-electron chi connectivity index (χ3n) is 3.28. The Balaban J connectivity index is 1.80. The van der Waals surface area contributed by atoms with E-state index < -0.39 is 5.97 Å². The van der Waals surface area contributed by atoms with Crippen LogP contribution in [-0.2, 0) is 11.3 Å². The molecule has 0 atom stereocenters. The van der Waals surface area contributed by atoms with Gasteiger partial charge in [-0.2, -0.15) is 0 Å². The van der Waals surface area contributed by atoms with Gasteiger partial charge in [-0.05, 0) is 29.3 Å². The Bertz CT molecular complexity index is 801. The van der Waals surface area contributed by atoms with Gasteiger partial charge >= 0.3 is 5.97 Å². The number of para-hydroxylation sites is 2. The average molecular weight is 278 g/mol. The smallest absolute Gasteiger partial charge is 0.328 e. The molecule has 0 aliphatic carbocycles. The lowest BCUT2D eigenvalue weighted by Crippen LogP contribution is -1.97. The Kier molecular flexibility index (Phi) is 3.51. The van der Waals surface area contributed by atoms with Gasteiger partial charge in [0, 0.05) is 12.6 Å². The number of fused-ring (bicyclic) bond motifs is 1. The largest absolute Gasteiger partial charge is 0.478 e. The minimum atomic E-state index is -0.941. The molecular formula is C17H14N2O2. The van der Waals surface area contributed by atoms with Crippen molar-refractivity contribution in [2.24, 2.45) is 0 Å². The maximum absolute atomic E-state index is 10.5. The van der Waals surface area contributed by atoms with Gasteiger partial charge in [0.05, 0.1) is 17.4 Å². The third kappa shape index (κ3) is 3.00. The number of carboxylic acid groups (broad SMARTS) is 1. The molecule has 104 valence electrons. The normalized spacial score (nSPS) is 11.2. The lowest BCUT2D eigenvalue weighted by atomic mass is 10.1. The van der Waals surface area contributed by atoms with Crippen molar-refractivity contribution in [2.45, 2.75) is 6.54 Å².